The second kappa shape index (κ2) is 5.38. The first kappa shape index (κ1) is 15.3. The molecule has 0 saturated carbocycles. The predicted octanol–water partition coefficient (Wildman–Crippen LogP) is 1.67. The fraction of sp³-hybridized carbons (Fsp3) is 0.500. The summed E-state index contributed by atoms with van der Waals surface area (Å²) in [7, 11) is 1.79. The van der Waals surface area contributed by atoms with Crippen LogP contribution in [0.25, 0.3) is 0 Å². The number of carbonyl (C=O) groups excluding carboxylic acids is 1. The zero-order valence-corrected chi connectivity index (χ0v) is 12.9. The summed E-state index contributed by atoms with van der Waals surface area (Å²) in [4.78, 5) is 16.1. The third-order valence-corrected chi connectivity index (χ3v) is 4.10. The number of likely N-dealkylation sites (N-methyl/N-ethyl adjacent to an activating group) is 1. The summed E-state index contributed by atoms with van der Waals surface area (Å²) in [5.74, 6) is 0.0349. The molecule has 0 aliphatic carbocycles. The molecule has 1 amide bonds. The number of nitrogens with zero attached hydrogens (tertiary/aromatic N) is 3. The third-order valence-electron chi connectivity index (χ3n) is 4.10. The number of rotatable bonds is 2. The number of aliphatic hydroxyl groups excluding tert-OH is 1. The highest BCUT2D eigenvalue weighted by atomic mass is 16.3. The molecule has 5 nitrogen and oxygen atoms in total. The molecule has 1 atom stereocenters. The van der Waals surface area contributed by atoms with Gasteiger partial charge in [0.2, 0.25) is 5.91 Å². The number of anilines is 1. The molecule has 1 heterocycles. The van der Waals surface area contributed by atoms with Crippen molar-refractivity contribution in [3.8, 4) is 6.07 Å². The zero-order valence-electron chi connectivity index (χ0n) is 12.9. The summed E-state index contributed by atoms with van der Waals surface area (Å²) >= 11 is 0. The van der Waals surface area contributed by atoms with Crippen LogP contribution < -0.4 is 4.90 Å². The highest BCUT2D eigenvalue weighted by Crippen LogP contribution is 2.34. The fourth-order valence-corrected chi connectivity index (χ4v) is 2.84. The average molecular weight is 287 g/mol. The Hall–Kier alpha value is -2.06. The van der Waals surface area contributed by atoms with E-state index in [0.717, 1.165) is 11.3 Å². The molecule has 0 bridgehead atoms. The Morgan fingerprint density at radius 3 is 2.62 bits per heavy atom. The number of benzene rings is 1. The molecule has 1 aliphatic rings. The van der Waals surface area contributed by atoms with E-state index in [1.54, 1.807) is 37.1 Å². The molecule has 0 aromatic heterocycles. The van der Waals surface area contributed by atoms with E-state index in [1.807, 2.05) is 18.7 Å². The van der Waals surface area contributed by atoms with Crippen molar-refractivity contribution < 1.29 is 9.90 Å². The van der Waals surface area contributed by atoms with Crippen molar-refractivity contribution in [1.29, 1.82) is 5.26 Å². The van der Waals surface area contributed by atoms with E-state index < -0.39 is 11.6 Å². The Balaban J connectivity index is 2.54. The van der Waals surface area contributed by atoms with Crippen LogP contribution in [0.3, 0.4) is 0 Å². The zero-order chi connectivity index (χ0) is 15.8. The number of amides is 1. The van der Waals surface area contributed by atoms with Gasteiger partial charge < -0.3 is 14.9 Å². The maximum absolute atomic E-state index is 12.4. The summed E-state index contributed by atoms with van der Waals surface area (Å²) in [5.41, 5.74) is 1.32. The van der Waals surface area contributed by atoms with Crippen LogP contribution in [0.5, 0.6) is 0 Å². The molecular formula is C16H21N3O2. The van der Waals surface area contributed by atoms with Gasteiger partial charge >= 0.3 is 0 Å². The molecular weight excluding hydrogens is 266 g/mol. The molecule has 0 radical (unpaired) electrons. The van der Waals surface area contributed by atoms with Gasteiger partial charge in [0.05, 0.1) is 17.7 Å². The first-order valence-corrected chi connectivity index (χ1v) is 7.04. The van der Waals surface area contributed by atoms with Gasteiger partial charge in [-0.1, -0.05) is 6.07 Å². The number of piperazine rings is 1. The van der Waals surface area contributed by atoms with Gasteiger partial charge in [-0.3, -0.25) is 4.79 Å². The van der Waals surface area contributed by atoms with E-state index in [-0.39, 0.29) is 5.91 Å². The van der Waals surface area contributed by atoms with Gasteiger partial charge in [0.15, 0.2) is 0 Å². The van der Waals surface area contributed by atoms with Crippen molar-refractivity contribution in [2.75, 3.05) is 25.0 Å². The lowest BCUT2D eigenvalue weighted by Gasteiger charge is -2.47. The monoisotopic (exact) mass is 287 g/mol. The lowest BCUT2D eigenvalue weighted by molar-refractivity contribution is -0.136. The van der Waals surface area contributed by atoms with Crippen LogP contribution in [-0.2, 0) is 4.79 Å². The molecule has 1 saturated heterocycles. The van der Waals surface area contributed by atoms with Crippen molar-refractivity contribution in [2.45, 2.75) is 32.4 Å². The molecule has 1 aromatic carbocycles. The maximum Gasteiger partial charge on any atom is 0.247 e. The van der Waals surface area contributed by atoms with Gasteiger partial charge in [-0.05, 0) is 32.9 Å². The van der Waals surface area contributed by atoms with E-state index in [0.29, 0.717) is 18.7 Å². The smallest absolute Gasteiger partial charge is 0.247 e. The molecule has 1 N–H and O–H groups in total. The minimum atomic E-state index is -0.704. The van der Waals surface area contributed by atoms with Crippen LogP contribution in [0.15, 0.2) is 18.2 Å². The predicted molar refractivity (Wildman–Crippen MR) is 80.9 cm³/mol. The van der Waals surface area contributed by atoms with Crippen molar-refractivity contribution in [3.63, 3.8) is 0 Å². The van der Waals surface area contributed by atoms with Gasteiger partial charge in [0, 0.05) is 31.4 Å². The molecule has 21 heavy (non-hydrogen) atoms. The first-order valence-electron chi connectivity index (χ1n) is 7.04. The van der Waals surface area contributed by atoms with Crippen molar-refractivity contribution in [2.24, 2.45) is 0 Å². The maximum atomic E-state index is 12.4. The minimum Gasteiger partial charge on any atom is -0.389 e. The topological polar surface area (TPSA) is 67.6 Å². The summed E-state index contributed by atoms with van der Waals surface area (Å²) in [6.45, 7) is 6.73. The van der Waals surface area contributed by atoms with E-state index in [1.165, 1.54) is 0 Å². The molecule has 112 valence electrons. The number of nitriles is 1. The number of aliphatic hydroxyl groups is 1. The fourth-order valence-electron chi connectivity index (χ4n) is 2.84. The molecule has 0 spiro atoms. The van der Waals surface area contributed by atoms with Crippen molar-refractivity contribution >= 4 is 11.6 Å². The normalized spacial score (nSPS) is 19.3. The Morgan fingerprint density at radius 2 is 2.05 bits per heavy atom. The van der Waals surface area contributed by atoms with Crippen LogP contribution in [0.2, 0.25) is 0 Å². The average Bonchev–Trinajstić information content (AvgIpc) is 2.44. The van der Waals surface area contributed by atoms with E-state index in [4.69, 9.17) is 5.26 Å². The van der Waals surface area contributed by atoms with Crippen LogP contribution in [-0.4, -0.2) is 41.6 Å². The Labute approximate surface area is 125 Å². The molecule has 2 rings (SSSR count). The van der Waals surface area contributed by atoms with E-state index >= 15 is 0 Å². The number of carbonyl (C=O) groups is 1. The molecule has 1 fully saturated rings. The summed E-state index contributed by atoms with van der Waals surface area (Å²) in [6, 6.07) is 7.32. The Morgan fingerprint density at radius 1 is 1.38 bits per heavy atom. The second-order valence-corrected chi connectivity index (χ2v) is 6.00. The highest BCUT2D eigenvalue weighted by Gasteiger charge is 2.41. The van der Waals surface area contributed by atoms with Gasteiger partial charge in [-0.25, -0.2) is 0 Å². The summed E-state index contributed by atoms with van der Waals surface area (Å²) in [6.07, 6.45) is -0.654. The van der Waals surface area contributed by atoms with E-state index in [9.17, 15) is 9.90 Å². The first-order chi connectivity index (χ1) is 9.78. The Kier molecular flexibility index (Phi) is 3.93. The highest BCUT2D eigenvalue weighted by molar-refractivity contribution is 5.90. The van der Waals surface area contributed by atoms with Crippen molar-refractivity contribution in [1.82, 2.24) is 4.90 Å². The van der Waals surface area contributed by atoms with Crippen molar-refractivity contribution in [3.05, 3.63) is 29.3 Å². The number of hydrogen-bond acceptors (Lipinski definition) is 4. The van der Waals surface area contributed by atoms with E-state index in [2.05, 4.69) is 6.07 Å². The van der Waals surface area contributed by atoms with Crippen LogP contribution >= 0.6 is 0 Å². The van der Waals surface area contributed by atoms with Gasteiger partial charge in [-0.2, -0.15) is 5.26 Å². The SMILES string of the molecule is C[C@H](O)c1ccc(C#N)cc1N1CCN(C)C(=O)C1(C)C. The molecule has 5 heteroatoms. The van der Waals surface area contributed by atoms with Crippen LogP contribution in [0.1, 0.15) is 38.0 Å². The minimum absolute atomic E-state index is 0.0349. The van der Waals surface area contributed by atoms with Crippen LogP contribution in [0, 0.1) is 11.3 Å². The van der Waals surface area contributed by atoms with Crippen LogP contribution in [0.4, 0.5) is 5.69 Å². The van der Waals surface area contributed by atoms with Gasteiger partial charge in [0.1, 0.15) is 5.54 Å². The summed E-state index contributed by atoms with van der Waals surface area (Å²) in [5, 5.41) is 19.1. The number of hydrogen-bond donors (Lipinski definition) is 1. The second-order valence-electron chi connectivity index (χ2n) is 6.00. The molecule has 0 unspecified atom stereocenters. The summed E-state index contributed by atoms with van der Waals surface area (Å²) < 4.78 is 0. The Bertz CT molecular complexity index is 602. The van der Waals surface area contributed by atoms with Gasteiger partial charge in [0.25, 0.3) is 0 Å². The molecule has 1 aromatic rings. The van der Waals surface area contributed by atoms with Gasteiger partial charge in [-0.15, -0.1) is 0 Å². The molecule has 1 aliphatic heterocycles. The quantitative estimate of drug-likeness (QED) is 0.898. The standard InChI is InChI=1S/C16H21N3O2/c1-11(20)13-6-5-12(10-17)9-14(13)19-8-7-18(4)15(21)16(19,2)3/h5-6,9,11,20H,7-8H2,1-4H3/t11-/m0/s1. The lowest BCUT2D eigenvalue weighted by atomic mass is 9.94. The third kappa shape index (κ3) is 2.59. The lowest BCUT2D eigenvalue weighted by Crippen LogP contribution is -2.62. The largest absolute Gasteiger partial charge is 0.389 e.